The molecule has 106 valence electrons. The Balaban J connectivity index is 2.18. The molecule has 0 bridgehead atoms. The van der Waals surface area contributed by atoms with E-state index in [4.69, 9.17) is 5.73 Å². The molecule has 0 saturated carbocycles. The van der Waals surface area contributed by atoms with Crippen molar-refractivity contribution >= 4 is 17.7 Å². The van der Waals surface area contributed by atoms with E-state index in [2.05, 4.69) is 54.8 Å². The number of benzene rings is 1. The van der Waals surface area contributed by atoms with E-state index in [1.165, 1.54) is 10.5 Å². The second kappa shape index (κ2) is 5.79. The van der Waals surface area contributed by atoms with Crippen LogP contribution in [0.2, 0.25) is 0 Å². The van der Waals surface area contributed by atoms with Gasteiger partial charge in [-0.05, 0) is 18.6 Å². The second-order valence-corrected chi connectivity index (χ2v) is 6.75. The molecule has 2 rings (SSSR count). The minimum atomic E-state index is -0.126. The minimum Gasteiger partial charge on any atom is -0.368 e. The van der Waals surface area contributed by atoms with E-state index in [0.717, 1.165) is 11.6 Å². The molecule has 20 heavy (non-hydrogen) atoms. The summed E-state index contributed by atoms with van der Waals surface area (Å²) in [5.74, 6) is 2.46. The molecule has 0 spiro atoms. The third-order valence-electron chi connectivity index (χ3n) is 2.82. The lowest BCUT2D eigenvalue weighted by molar-refractivity contribution is 0.539. The van der Waals surface area contributed by atoms with Gasteiger partial charge in [-0.25, -0.2) is 4.98 Å². The van der Waals surface area contributed by atoms with E-state index in [9.17, 15) is 0 Å². The van der Waals surface area contributed by atoms with Crippen molar-refractivity contribution in [3.05, 3.63) is 41.5 Å². The van der Waals surface area contributed by atoms with E-state index in [1.807, 2.05) is 12.1 Å². The van der Waals surface area contributed by atoms with E-state index < -0.39 is 0 Å². The lowest BCUT2D eigenvalue weighted by atomic mass is 9.96. The van der Waals surface area contributed by atoms with Gasteiger partial charge in [-0.3, -0.25) is 0 Å². The molecule has 0 aliphatic carbocycles. The molecule has 0 amide bonds. The first-order valence-electron chi connectivity index (χ1n) is 6.55. The number of nitrogens with two attached hydrogens (primary N) is 1. The second-order valence-electron chi connectivity index (χ2n) is 5.74. The molecule has 0 radical (unpaired) electrons. The van der Waals surface area contributed by atoms with Crippen LogP contribution in [0.1, 0.15) is 38.0 Å². The van der Waals surface area contributed by atoms with Crippen LogP contribution in [0.5, 0.6) is 0 Å². The summed E-state index contributed by atoms with van der Waals surface area (Å²) in [5, 5.41) is 0. The van der Waals surface area contributed by atoms with Crippen molar-refractivity contribution in [1.82, 2.24) is 15.0 Å². The molecule has 4 nitrogen and oxygen atoms in total. The van der Waals surface area contributed by atoms with Gasteiger partial charge in [0.2, 0.25) is 5.95 Å². The van der Waals surface area contributed by atoms with Crippen molar-refractivity contribution in [2.45, 2.75) is 43.8 Å². The van der Waals surface area contributed by atoms with Gasteiger partial charge in [0, 0.05) is 10.3 Å². The van der Waals surface area contributed by atoms with Crippen LogP contribution in [0.15, 0.2) is 29.2 Å². The first-order valence-corrected chi connectivity index (χ1v) is 7.54. The van der Waals surface area contributed by atoms with Gasteiger partial charge in [-0.1, -0.05) is 39.0 Å². The first kappa shape index (κ1) is 14.8. The van der Waals surface area contributed by atoms with Crippen LogP contribution >= 0.6 is 11.8 Å². The molecule has 0 atom stereocenters. The fraction of sp³-hybridized carbons (Fsp3) is 0.400. The SMILES string of the molecule is Cc1ccccc1SCc1nc(N)nc(C(C)(C)C)n1. The van der Waals surface area contributed by atoms with Crippen LogP contribution in [-0.2, 0) is 11.2 Å². The summed E-state index contributed by atoms with van der Waals surface area (Å²) in [6.07, 6.45) is 0. The van der Waals surface area contributed by atoms with Gasteiger partial charge in [0.1, 0.15) is 11.6 Å². The molecule has 1 aromatic carbocycles. The van der Waals surface area contributed by atoms with Crippen LogP contribution in [0.4, 0.5) is 5.95 Å². The standard InChI is InChI=1S/C15H20N4S/c1-10-7-5-6-8-11(10)20-9-12-17-13(15(2,3)4)19-14(16)18-12/h5-8H,9H2,1-4H3,(H2,16,17,18,19). The van der Waals surface area contributed by atoms with E-state index >= 15 is 0 Å². The molecule has 0 aliphatic rings. The van der Waals surface area contributed by atoms with Crippen LogP contribution in [0.3, 0.4) is 0 Å². The van der Waals surface area contributed by atoms with Crippen LogP contribution in [-0.4, -0.2) is 15.0 Å². The Labute approximate surface area is 124 Å². The number of nitrogen functional groups attached to an aromatic ring is 1. The maximum absolute atomic E-state index is 5.78. The molecular formula is C15H20N4S. The first-order chi connectivity index (χ1) is 9.36. The zero-order valence-electron chi connectivity index (χ0n) is 12.3. The normalized spacial score (nSPS) is 11.6. The third-order valence-corrected chi connectivity index (χ3v) is 3.99. The molecule has 2 N–H and O–H groups in total. The number of hydrogen-bond donors (Lipinski definition) is 1. The molecule has 1 aromatic heterocycles. The average molecular weight is 288 g/mol. The fourth-order valence-electron chi connectivity index (χ4n) is 1.70. The van der Waals surface area contributed by atoms with Crippen LogP contribution in [0.25, 0.3) is 0 Å². The van der Waals surface area contributed by atoms with Crippen molar-refractivity contribution in [3.63, 3.8) is 0 Å². The highest BCUT2D eigenvalue weighted by Gasteiger charge is 2.19. The summed E-state index contributed by atoms with van der Waals surface area (Å²) in [6, 6.07) is 8.29. The number of thioether (sulfide) groups is 1. The number of aromatic nitrogens is 3. The smallest absolute Gasteiger partial charge is 0.223 e. The molecule has 5 heteroatoms. The maximum Gasteiger partial charge on any atom is 0.223 e. The summed E-state index contributed by atoms with van der Waals surface area (Å²) < 4.78 is 0. The van der Waals surface area contributed by atoms with Crippen LogP contribution in [0, 0.1) is 6.92 Å². The van der Waals surface area contributed by atoms with Gasteiger partial charge < -0.3 is 5.73 Å². The van der Waals surface area contributed by atoms with Crippen molar-refractivity contribution < 1.29 is 0 Å². The predicted octanol–water partition coefficient (Wildman–Crippen LogP) is 3.35. The fourth-order valence-corrected chi connectivity index (χ4v) is 2.58. The molecule has 0 saturated heterocycles. The molecule has 0 fully saturated rings. The molecular weight excluding hydrogens is 268 g/mol. The Morgan fingerprint density at radius 2 is 1.80 bits per heavy atom. The number of aryl methyl sites for hydroxylation is 1. The highest BCUT2D eigenvalue weighted by atomic mass is 32.2. The van der Waals surface area contributed by atoms with Gasteiger partial charge in [0.15, 0.2) is 0 Å². The summed E-state index contributed by atoms with van der Waals surface area (Å²) in [5.41, 5.74) is 6.92. The zero-order chi connectivity index (χ0) is 14.8. The highest BCUT2D eigenvalue weighted by molar-refractivity contribution is 7.98. The Morgan fingerprint density at radius 1 is 1.10 bits per heavy atom. The summed E-state index contributed by atoms with van der Waals surface area (Å²) in [4.78, 5) is 14.2. The predicted molar refractivity (Wildman–Crippen MR) is 83.7 cm³/mol. The van der Waals surface area contributed by atoms with E-state index in [-0.39, 0.29) is 5.41 Å². The summed E-state index contributed by atoms with van der Waals surface area (Å²) in [6.45, 7) is 8.31. The largest absolute Gasteiger partial charge is 0.368 e. The molecule has 0 aliphatic heterocycles. The van der Waals surface area contributed by atoms with Crippen LogP contribution < -0.4 is 5.73 Å². The van der Waals surface area contributed by atoms with Crippen molar-refractivity contribution in [2.24, 2.45) is 0 Å². The number of hydrogen-bond acceptors (Lipinski definition) is 5. The molecule has 0 unspecified atom stereocenters. The Kier molecular flexibility index (Phi) is 4.28. The quantitative estimate of drug-likeness (QED) is 0.877. The van der Waals surface area contributed by atoms with Crippen molar-refractivity contribution in [2.75, 3.05) is 5.73 Å². The Bertz CT molecular complexity index is 605. The number of rotatable bonds is 3. The van der Waals surface area contributed by atoms with Gasteiger partial charge >= 0.3 is 0 Å². The number of anilines is 1. The third kappa shape index (κ3) is 3.70. The lowest BCUT2D eigenvalue weighted by Crippen LogP contribution is -2.19. The van der Waals surface area contributed by atoms with Crippen molar-refractivity contribution in [1.29, 1.82) is 0 Å². The number of nitrogens with zero attached hydrogens (tertiary/aromatic N) is 3. The van der Waals surface area contributed by atoms with Gasteiger partial charge in [0.05, 0.1) is 5.75 Å². The van der Waals surface area contributed by atoms with Gasteiger partial charge in [0.25, 0.3) is 0 Å². The maximum atomic E-state index is 5.78. The minimum absolute atomic E-state index is 0.126. The van der Waals surface area contributed by atoms with Crippen molar-refractivity contribution in [3.8, 4) is 0 Å². The molecule has 1 heterocycles. The van der Waals surface area contributed by atoms with E-state index in [0.29, 0.717) is 11.7 Å². The van der Waals surface area contributed by atoms with E-state index in [1.54, 1.807) is 11.8 Å². The molecule has 2 aromatic rings. The Hall–Kier alpha value is -1.62. The summed E-state index contributed by atoms with van der Waals surface area (Å²) >= 11 is 1.72. The summed E-state index contributed by atoms with van der Waals surface area (Å²) in [7, 11) is 0. The lowest BCUT2D eigenvalue weighted by Gasteiger charge is -2.17. The topological polar surface area (TPSA) is 64.7 Å². The monoisotopic (exact) mass is 288 g/mol. The Morgan fingerprint density at radius 3 is 2.45 bits per heavy atom. The van der Waals surface area contributed by atoms with Gasteiger partial charge in [-0.2, -0.15) is 9.97 Å². The van der Waals surface area contributed by atoms with Gasteiger partial charge in [-0.15, -0.1) is 11.8 Å². The highest BCUT2D eigenvalue weighted by Crippen LogP contribution is 2.25. The zero-order valence-corrected chi connectivity index (χ0v) is 13.2. The average Bonchev–Trinajstić information content (AvgIpc) is 2.36.